The van der Waals surface area contributed by atoms with Crippen molar-refractivity contribution in [1.29, 1.82) is 0 Å². The number of furan rings is 1. The molecule has 1 heterocycles. The second-order valence-electron chi connectivity index (χ2n) is 4.74. The van der Waals surface area contributed by atoms with E-state index in [9.17, 15) is 9.90 Å². The Labute approximate surface area is 121 Å². The van der Waals surface area contributed by atoms with Crippen molar-refractivity contribution in [2.24, 2.45) is 0 Å². The number of rotatable bonds is 3. The quantitative estimate of drug-likeness (QED) is 0.569. The first kappa shape index (κ1) is 13.2. The SMILES string of the molecule is CCNC(=O)/C(O)=C\c1ccc2oc3ccccc3c2c1. The standard InChI is InChI=1S/C17H15NO3/c1-2-18-17(20)14(19)10-11-7-8-16-13(9-11)12-5-3-4-6-15(12)21-16/h3-10,19H,2H2,1H3,(H,18,20)/b14-10+. The number of amides is 1. The molecule has 4 nitrogen and oxygen atoms in total. The van der Waals surface area contributed by atoms with Gasteiger partial charge in [0.1, 0.15) is 11.2 Å². The number of hydrogen-bond acceptors (Lipinski definition) is 3. The Morgan fingerprint density at radius 1 is 1.19 bits per heavy atom. The smallest absolute Gasteiger partial charge is 0.286 e. The summed E-state index contributed by atoms with van der Waals surface area (Å²) < 4.78 is 5.74. The minimum atomic E-state index is -0.477. The summed E-state index contributed by atoms with van der Waals surface area (Å²) in [6.45, 7) is 2.27. The predicted molar refractivity (Wildman–Crippen MR) is 83.0 cm³/mol. The summed E-state index contributed by atoms with van der Waals surface area (Å²) in [5, 5.41) is 14.3. The lowest BCUT2D eigenvalue weighted by Gasteiger charge is -2.01. The maximum absolute atomic E-state index is 11.5. The normalized spacial score (nSPS) is 12.0. The van der Waals surface area contributed by atoms with Gasteiger partial charge in [0, 0.05) is 17.3 Å². The van der Waals surface area contributed by atoms with Crippen molar-refractivity contribution in [2.75, 3.05) is 6.54 Å². The molecule has 0 aliphatic heterocycles. The summed E-state index contributed by atoms with van der Waals surface area (Å²) in [5.74, 6) is -0.779. The molecule has 0 saturated heterocycles. The highest BCUT2D eigenvalue weighted by atomic mass is 16.3. The Morgan fingerprint density at radius 2 is 1.95 bits per heavy atom. The van der Waals surface area contributed by atoms with Gasteiger partial charge in [0.15, 0.2) is 5.76 Å². The average molecular weight is 281 g/mol. The zero-order valence-electron chi connectivity index (χ0n) is 11.6. The molecule has 2 aromatic carbocycles. The Balaban J connectivity index is 2.06. The van der Waals surface area contributed by atoms with E-state index in [1.54, 1.807) is 13.0 Å². The van der Waals surface area contributed by atoms with Gasteiger partial charge in [0.05, 0.1) is 0 Å². The van der Waals surface area contributed by atoms with Crippen LogP contribution in [0.4, 0.5) is 0 Å². The maximum Gasteiger partial charge on any atom is 0.286 e. The van der Waals surface area contributed by atoms with Gasteiger partial charge >= 0.3 is 0 Å². The maximum atomic E-state index is 11.5. The van der Waals surface area contributed by atoms with Crippen LogP contribution in [0.2, 0.25) is 0 Å². The number of nitrogens with one attached hydrogen (secondary N) is 1. The van der Waals surface area contributed by atoms with E-state index < -0.39 is 5.91 Å². The summed E-state index contributed by atoms with van der Waals surface area (Å²) in [6, 6.07) is 13.3. The van der Waals surface area contributed by atoms with Crippen LogP contribution in [0.25, 0.3) is 28.0 Å². The van der Waals surface area contributed by atoms with Crippen molar-refractivity contribution in [1.82, 2.24) is 5.32 Å². The number of hydrogen-bond donors (Lipinski definition) is 2. The molecule has 0 saturated carbocycles. The number of carbonyl (C=O) groups is 1. The van der Waals surface area contributed by atoms with Crippen molar-refractivity contribution in [3.63, 3.8) is 0 Å². The molecule has 0 fully saturated rings. The van der Waals surface area contributed by atoms with Gasteiger partial charge in [-0.15, -0.1) is 0 Å². The summed E-state index contributed by atoms with van der Waals surface area (Å²) in [4.78, 5) is 11.5. The van der Waals surface area contributed by atoms with E-state index in [0.717, 1.165) is 27.5 Å². The van der Waals surface area contributed by atoms with Crippen molar-refractivity contribution in [3.05, 3.63) is 53.8 Å². The molecular formula is C17H15NO3. The molecule has 2 N–H and O–H groups in total. The number of carbonyl (C=O) groups excluding carboxylic acids is 1. The van der Waals surface area contributed by atoms with Crippen LogP contribution in [0.15, 0.2) is 52.6 Å². The zero-order chi connectivity index (χ0) is 14.8. The minimum absolute atomic E-state index is 0.302. The number of likely N-dealkylation sites (N-methyl/N-ethyl adjacent to an activating group) is 1. The second kappa shape index (κ2) is 5.32. The molecule has 0 atom stereocenters. The van der Waals surface area contributed by atoms with Crippen molar-refractivity contribution >= 4 is 33.9 Å². The highest BCUT2D eigenvalue weighted by molar-refractivity contribution is 6.05. The largest absolute Gasteiger partial charge is 0.503 e. The molecule has 106 valence electrons. The van der Waals surface area contributed by atoms with Gasteiger partial charge in [-0.05, 0) is 36.8 Å². The fourth-order valence-corrected chi connectivity index (χ4v) is 2.31. The molecule has 0 bridgehead atoms. The predicted octanol–water partition coefficient (Wildman–Crippen LogP) is 3.62. The number of para-hydroxylation sites is 1. The van der Waals surface area contributed by atoms with E-state index in [1.807, 2.05) is 36.4 Å². The van der Waals surface area contributed by atoms with Crippen molar-refractivity contribution in [3.8, 4) is 0 Å². The van der Waals surface area contributed by atoms with Gasteiger partial charge in [-0.1, -0.05) is 24.3 Å². The summed E-state index contributed by atoms with van der Waals surface area (Å²) in [7, 11) is 0. The molecule has 0 aliphatic rings. The van der Waals surface area contributed by atoms with Crippen LogP contribution >= 0.6 is 0 Å². The van der Waals surface area contributed by atoms with Crippen LogP contribution in [0, 0.1) is 0 Å². The minimum Gasteiger partial charge on any atom is -0.503 e. The van der Waals surface area contributed by atoms with Gasteiger partial charge in [-0.3, -0.25) is 4.79 Å². The number of fused-ring (bicyclic) bond motifs is 3. The third kappa shape index (κ3) is 2.48. The van der Waals surface area contributed by atoms with Crippen LogP contribution < -0.4 is 5.32 Å². The van der Waals surface area contributed by atoms with Crippen LogP contribution in [-0.4, -0.2) is 17.6 Å². The number of aliphatic hydroxyl groups is 1. The van der Waals surface area contributed by atoms with E-state index in [0.29, 0.717) is 6.54 Å². The number of aliphatic hydroxyl groups excluding tert-OH is 1. The highest BCUT2D eigenvalue weighted by Gasteiger charge is 2.08. The van der Waals surface area contributed by atoms with Crippen LogP contribution in [0.3, 0.4) is 0 Å². The zero-order valence-corrected chi connectivity index (χ0v) is 11.6. The summed E-state index contributed by atoms with van der Waals surface area (Å²) in [6.07, 6.45) is 1.45. The fourth-order valence-electron chi connectivity index (χ4n) is 2.31. The van der Waals surface area contributed by atoms with Gasteiger partial charge in [0.2, 0.25) is 0 Å². The first-order valence-electron chi connectivity index (χ1n) is 6.79. The van der Waals surface area contributed by atoms with E-state index in [-0.39, 0.29) is 5.76 Å². The molecule has 3 rings (SSSR count). The Morgan fingerprint density at radius 3 is 2.76 bits per heavy atom. The lowest BCUT2D eigenvalue weighted by Crippen LogP contribution is -2.24. The lowest BCUT2D eigenvalue weighted by atomic mass is 10.1. The Kier molecular flexibility index (Phi) is 3.36. The molecule has 4 heteroatoms. The molecule has 21 heavy (non-hydrogen) atoms. The molecule has 0 spiro atoms. The number of benzene rings is 2. The van der Waals surface area contributed by atoms with Crippen LogP contribution in [0.5, 0.6) is 0 Å². The van der Waals surface area contributed by atoms with E-state index in [1.165, 1.54) is 6.08 Å². The summed E-state index contributed by atoms with van der Waals surface area (Å²) in [5.41, 5.74) is 2.35. The molecule has 0 radical (unpaired) electrons. The van der Waals surface area contributed by atoms with Gasteiger partial charge in [-0.2, -0.15) is 0 Å². The molecule has 1 aromatic heterocycles. The Hall–Kier alpha value is -2.75. The van der Waals surface area contributed by atoms with Crippen LogP contribution in [0.1, 0.15) is 12.5 Å². The topological polar surface area (TPSA) is 62.5 Å². The Bertz CT molecular complexity index is 845. The molecule has 0 aliphatic carbocycles. The lowest BCUT2D eigenvalue weighted by molar-refractivity contribution is -0.119. The third-order valence-electron chi connectivity index (χ3n) is 3.27. The monoisotopic (exact) mass is 281 g/mol. The van der Waals surface area contributed by atoms with Gasteiger partial charge in [0.25, 0.3) is 5.91 Å². The molecule has 0 unspecified atom stereocenters. The van der Waals surface area contributed by atoms with Gasteiger partial charge in [-0.25, -0.2) is 0 Å². The van der Waals surface area contributed by atoms with Crippen LogP contribution in [-0.2, 0) is 4.79 Å². The third-order valence-corrected chi connectivity index (χ3v) is 3.27. The highest BCUT2D eigenvalue weighted by Crippen LogP contribution is 2.29. The van der Waals surface area contributed by atoms with Gasteiger partial charge < -0.3 is 14.8 Å². The molecular weight excluding hydrogens is 266 g/mol. The first-order chi connectivity index (χ1) is 10.2. The summed E-state index contributed by atoms with van der Waals surface area (Å²) >= 11 is 0. The average Bonchev–Trinajstić information content (AvgIpc) is 2.85. The van der Waals surface area contributed by atoms with E-state index in [4.69, 9.17) is 4.42 Å². The van der Waals surface area contributed by atoms with Crippen molar-refractivity contribution in [2.45, 2.75) is 6.92 Å². The molecule has 1 amide bonds. The van der Waals surface area contributed by atoms with E-state index >= 15 is 0 Å². The molecule has 3 aromatic rings. The van der Waals surface area contributed by atoms with Crippen molar-refractivity contribution < 1.29 is 14.3 Å². The van der Waals surface area contributed by atoms with E-state index in [2.05, 4.69) is 5.32 Å². The second-order valence-corrected chi connectivity index (χ2v) is 4.74. The first-order valence-corrected chi connectivity index (χ1v) is 6.79. The fraction of sp³-hybridized carbons (Fsp3) is 0.118.